The van der Waals surface area contributed by atoms with Crippen LogP contribution < -0.4 is 10.2 Å². The number of aliphatic hydroxyl groups is 1. The molecule has 160 valence electrons. The maximum Gasteiger partial charge on any atom is 0.153 e. The van der Waals surface area contributed by atoms with E-state index in [0.717, 1.165) is 31.2 Å². The van der Waals surface area contributed by atoms with Crippen molar-refractivity contribution in [3.8, 4) is 0 Å². The molecule has 0 saturated carbocycles. The molecule has 8 nitrogen and oxygen atoms in total. The quantitative estimate of drug-likeness (QED) is 0.673. The van der Waals surface area contributed by atoms with E-state index in [1.165, 1.54) is 0 Å². The van der Waals surface area contributed by atoms with Crippen molar-refractivity contribution in [2.45, 2.75) is 65.5 Å². The monoisotopic (exact) mass is 421 g/mol. The van der Waals surface area contributed by atoms with Gasteiger partial charge in [-0.05, 0) is 39.0 Å². The molecule has 9 heteroatoms. The summed E-state index contributed by atoms with van der Waals surface area (Å²) in [5.41, 5.74) is -0.0811. The van der Waals surface area contributed by atoms with Crippen molar-refractivity contribution in [3.05, 3.63) is 23.5 Å². The topological polar surface area (TPSA) is 92.0 Å². The molecule has 2 aromatic rings. The van der Waals surface area contributed by atoms with Gasteiger partial charge in [-0.25, -0.2) is 9.97 Å². The Hall–Kier alpha value is -1.93. The number of aromatic nitrogens is 5. The first-order chi connectivity index (χ1) is 13.7. The second kappa shape index (κ2) is 8.83. The molecule has 2 unspecified atom stereocenters. The second-order valence-corrected chi connectivity index (χ2v) is 9.43. The third-order valence-corrected chi connectivity index (χ3v) is 5.71. The molecule has 0 radical (unpaired) electrons. The average molecular weight is 422 g/mol. The van der Waals surface area contributed by atoms with Gasteiger partial charge in [0.2, 0.25) is 0 Å². The van der Waals surface area contributed by atoms with Gasteiger partial charge in [0.25, 0.3) is 0 Å². The molecule has 2 atom stereocenters. The highest BCUT2D eigenvalue weighted by atomic mass is 35.5. The van der Waals surface area contributed by atoms with Crippen LogP contribution >= 0.6 is 11.6 Å². The molecular weight excluding hydrogens is 390 g/mol. The second-order valence-electron chi connectivity index (χ2n) is 9.05. The zero-order chi connectivity index (χ0) is 21.2. The lowest BCUT2D eigenvalue weighted by molar-refractivity contribution is 0.135. The van der Waals surface area contributed by atoms with Crippen molar-refractivity contribution in [2.75, 3.05) is 29.9 Å². The van der Waals surface area contributed by atoms with Gasteiger partial charge < -0.3 is 19.9 Å². The molecule has 3 rings (SSSR count). The van der Waals surface area contributed by atoms with Gasteiger partial charge in [-0.1, -0.05) is 25.4 Å². The zero-order valence-electron chi connectivity index (χ0n) is 17.9. The summed E-state index contributed by atoms with van der Waals surface area (Å²) in [6, 6.07) is 0.331. The lowest BCUT2D eigenvalue weighted by Crippen LogP contribution is -2.28. The number of nitrogens with zero attached hydrogens (tertiary/aromatic N) is 6. The molecule has 3 heterocycles. The molecule has 0 bridgehead atoms. The molecule has 0 amide bonds. The van der Waals surface area contributed by atoms with Crippen LogP contribution in [-0.4, -0.2) is 55.6 Å². The van der Waals surface area contributed by atoms with E-state index >= 15 is 0 Å². The molecule has 1 saturated heterocycles. The van der Waals surface area contributed by atoms with E-state index in [1.54, 1.807) is 19.6 Å². The third kappa shape index (κ3) is 5.17. The highest BCUT2D eigenvalue weighted by Crippen LogP contribution is 2.36. The molecule has 29 heavy (non-hydrogen) atoms. The Kier molecular flexibility index (Phi) is 6.63. The summed E-state index contributed by atoms with van der Waals surface area (Å²) < 4.78 is 2.13. The van der Waals surface area contributed by atoms with Gasteiger partial charge in [-0.2, -0.15) is 0 Å². The Balaban J connectivity index is 1.71. The maximum atomic E-state index is 9.69. The smallest absolute Gasteiger partial charge is 0.153 e. The highest BCUT2D eigenvalue weighted by Gasteiger charge is 2.31. The summed E-state index contributed by atoms with van der Waals surface area (Å²) in [7, 11) is 0. The molecule has 2 aromatic heterocycles. The summed E-state index contributed by atoms with van der Waals surface area (Å²) in [6.45, 7) is 12.6. The predicted octanol–water partition coefficient (Wildman–Crippen LogP) is 3.51. The van der Waals surface area contributed by atoms with Crippen molar-refractivity contribution in [3.63, 3.8) is 0 Å². The van der Waals surface area contributed by atoms with Crippen molar-refractivity contribution >= 4 is 23.2 Å². The third-order valence-electron chi connectivity index (χ3n) is 5.36. The Morgan fingerprint density at radius 1 is 1.31 bits per heavy atom. The Morgan fingerprint density at radius 3 is 2.76 bits per heavy atom. The number of hydrogen-bond acceptors (Lipinski definition) is 7. The number of nitrogens with one attached hydrogen (secondary N) is 1. The van der Waals surface area contributed by atoms with E-state index in [4.69, 9.17) is 11.6 Å². The van der Waals surface area contributed by atoms with Gasteiger partial charge in [-0.15, -0.1) is 10.2 Å². The van der Waals surface area contributed by atoms with Gasteiger partial charge >= 0.3 is 0 Å². The Bertz CT molecular complexity index is 821. The molecule has 1 fully saturated rings. The van der Waals surface area contributed by atoms with E-state index < -0.39 is 0 Å². The van der Waals surface area contributed by atoms with Crippen LogP contribution in [0.4, 0.5) is 11.6 Å². The molecule has 0 aromatic carbocycles. The minimum absolute atomic E-state index is 0.0811. The molecule has 0 aliphatic carbocycles. The number of halogens is 1. The fourth-order valence-electron chi connectivity index (χ4n) is 4.00. The first-order valence-electron chi connectivity index (χ1n) is 10.2. The van der Waals surface area contributed by atoms with Crippen LogP contribution in [0.2, 0.25) is 5.02 Å². The van der Waals surface area contributed by atoms with Gasteiger partial charge in [0.15, 0.2) is 5.82 Å². The van der Waals surface area contributed by atoms with Gasteiger partial charge in [0.05, 0.1) is 6.10 Å². The molecule has 1 aliphatic rings. The molecule has 1 aliphatic heterocycles. The summed E-state index contributed by atoms with van der Waals surface area (Å²) in [6.07, 6.45) is 4.68. The predicted molar refractivity (Wildman–Crippen MR) is 116 cm³/mol. The van der Waals surface area contributed by atoms with E-state index in [0.29, 0.717) is 35.8 Å². The van der Waals surface area contributed by atoms with Crippen molar-refractivity contribution in [2.24, 2.45) is 5.41 Å². The molecular formula is C20H32ClN7O. The minimum atomic E-state index is -0.349. The van der Waals surface area contributed by atoms with Crippen LogP contribution in [0.1, 0.15) is 65.2 Å². The zero-order valence-corrected chi connectivity index (χ0v) is 18.7. The summed E-state index contributed by atoms with van der Waals surface area (Å²) in [5.74, 6) is 2.69. The lowest BCUT2D eigenvalue weighted by Gasteiger charge is -2.27. The van der Waals surface area contributed by atoms with Crippen LogP contribution in [-0.2, 0) is 0 Å². The normalized spacial score (nSPS) is 18.5. The largest absolute Gasteiger partial charge is 0.393 e. The fourth-order valence-corrected chi connectivity index (χ4v) is 4.29. The van der Waals surface area contributed by atoms with E-state index in [9.17, 15) is 5.11 Å². The van der Waals surface area contributed by atoms with E-state index in [-0.39, 0.29) is 11.5 Å². The molecule has 0 spiro atoms. The highest BCUT2D eigenvalue weighted by molar-refractivity contribution is 6.35. The summed E-state index contributed by atoms with van der Waals surface area (Å²) >= 11 is 6.67. The standard InChI is InChI=1S/C20H32ClN7O/c1-13(2)28-12-25-26-18(28)15-6-7-27(9-15)19-16(21)17(23-11-24-19)22-10-20(4,5)8-14(3)29/h11-15,29H,6-10H2,1-5H3,(H,22,23,24). The van der Waals surface area contributed by atoms with Crippen molar-refractivity contribution in [1.29, 1.82) is 0 Å². The van der Waals surface area contributed by atoms with Gasteiger partial charge in [0.1, 0.15) is 29.3 Å². The fraction of sp³-hybridized carbons (Fsp3) is 0.700. The lowest BCUT2D eigenvalue weighted by atomic mass is 9.87. The Labute approximate surface area is 177 Å². The van der Waals surface area contributed by atoms with Gasteiger partial charge in [0, 0.05) is 31.6 Å². The van der Waals surface area contributed by atoms with Crippen LogP contribution in [0, 0.1) is 5.41 Å². The van der Waals surface area contributed by atoms with Crippen LogP contribution in [0.5, 0.6) is 0 Å². The van der Waals surface area contributed by atoms with E-state index in [2.05, 4.69) is 62.6 Å². The number of hydrogen-bond donors (Lipinski definition) is 2. The number of anilines is 2. The first-order valence-corrected chi connectivity index (χ1v) is 10.6. The van der Waals surface area contributed by atoms with Gasteiger partial charge in [-0.3, -0.25) is 0 Å². The van der Waals surface area contributed by atoms with Crippen LogP contribution in [0.15, 0.2) is 12.7 Å². The number of rotatable bonds is 8. The minimum Gasteiger partial charge on any atom is -0.393 e. The van der Waals surface area contributed by atoms with E-state index in [1.807, 2.05) is 0 Å². The summed E-state index contributed by atoms with van der Waals surface area (Å²) in [5, 5.41) is 22.0. The van der Waals surface area contributed by atoms with Crippen LogP contribution in [0.25, 0.3) is 0 Å². The van der Waals surface area contributed by atoms with Crippen molar-refractivity contribution < 1.29 is 5.11 Å². The Morgan fingerprint density at radius 2 is 2.07 bits per heavy atom. The van der Waals surface area contributed by atoms with Crippen LogP contribution in [0.3, 0.4) is 0 Å². The SMILES string of the molecule is CC(O)CC(C)(C)CNc1ncnc(N2CCC(c3nncn3C(C)C)C2)c1Cl. The summed E-state index contributed by atoms with van der Waals surface area (Å²) in [4.78, 5) is 11.0. The van der Waals surface area contributed by atoms with Crippen molar-refractivity contribution in [1.82, 2.24) is 24.7 Å². The molecule has 2 N–H and O–H groups in total. The number of aliphatic hydroxyl groups excluding tert-OH is 1. The maximum absolute atomic E-state index is 9.69. The average Bonchev–Trinajstić information content (AvgIpc) is 3.29. The first kappa shape index (κ1) is 21.8.